The number of ether oxygens (including phenoxy) is 2. The summed E-state index contributed by atoms with van der Waals surface area (Å²) < 4.78 is 37.8. The highest BCUT2D eigenvalue weighted by molar-refractivity contribution is 7.89. The number of aromatic nitrogens is 2. The third kappa shape index (κ3) is 4.54. The van der Waals surface area contributed by atoms with E-state index in [1.54, 1.807) is 30.3 Å². The van der Waals surface area contributed by atoms with E-state index in [1.807, 2.05) is 0 Å². The number of nitrogens with zero attached hydrogens (tertiary/aromatic N) is 3. The highest BCUT2D eigenvalue weighted by Crippen LogP contribution is 2.35. The molecule has 33 heavy (non-hydrogen) atoms. The summed E-state index contributed by atoms with van der Waals surface area (Å²) >= 11 is 7.09. The summed E-state index contributed by atoms with van der Waals surface area (Å²) in [5, 5.41) is 12.5. The average Bonchev–Trinajstić information content (AvgIpc) is 3.49. The van der Waals surface area contributed by atoms with Crippen LogP contribution in [0.15, 0.2) is 47.4 Å². The molecule has 172 valence electrons. The summed E-state index contributed by atoms with van der Waals surface area (Å²) in [5.74, 6) is 0.897. The third-order valence-electron chi connectivity index (χ3n) is 5.52. The van der Waals surface area contributed by atoms with Gasteiger partial charge in [0, 0.05) is 35.8 Å². The Morgan fingerprint density at radius 2 is 1.79 bits per heavy atom. The van der Waals surface area contributed by atoms with Gasteiger partial charge in [-0.15, -0.1) is 10.2 Å². The van der Waals surface area contributed by atoms with Crippen molar-refractivity contribution < 1.29 is 22.7 Å². The molecule has 2 aromatic carbocycles. The second kappa shape index (κ2) is 8.90. The number of halogens is 1. The second-order valence-corrected chi connectivity index (χ2v) is 11.0. The first-order valence-corrected chi connectivity index (χ1v) is 12.8. The molecule has 3 aromatic rings. The lowest BCUT2D eigenvalue weighted by Crippen LogP contribution is -2.37. The molecule has 0 saturated carbocycles. The molecule has 1 saturated heterocycles. The predicted molar refractivity (Wildman–Crippen MR) is 123 cm³/mol. The summed E-state index contributed by atoms with van der Waals surface area (Å²) in [6.45, 7) is 0.897. The maximum Gasteiger partial charge on any atom is 0.286 e. The Balaban J connectivity index is 1.21. The molecule has 0 aliphatic carbocycles. The van der Waals surface area contributed by atoms with Crippen molar-refractivity contribution in [2.24, 2.45) is 0 Å². The number of hydrogen-bond donors (Lipinski definition) is 1. The van der Waals surface area contributed by atoms with E-state index in [0.717, 1.165) is 5.01 Å². The molecule has 0 spiro atoms. The molecule has 1 fully saturated rings. The van der Waals surface area contributed by atoms with Gasteiger partial charge in [0.05, 0.1) is 4.90 Å². The zero-order chi connectivity index (χ0) is 23.0. The number of carbonyl (C=O) groups excluding carboxylic acids is 1. The van der Waals surface area contributed by atoms with E-state index in [4.69, 9.17) is 21.1 Å². The van der Waals surface area contributed by atoms with Crippen LogP contribution < -0.4 is 14.8 Å². The van der Waals surface area contributed by atoms with E-state index < -0.39 is 10.0 Å². The Hall–Kier alpha value is -2.73. The van der Waals surface area contributed by atoms with E-state index in [2.05, 4.69) is 15.5 Å². The molecule has 0 unspecified atom stereocenters. The van der Waals surface area contributed by atoms with Gasteiger partial charge in [0.15, 0.2) is 11.5 Å². The highest BCUT2D eigenvalue weighted by Gasteiger charge is 2.31. The van der Waals surface area contributed by atoms with Gasteiger partial charge in [-0.05, 0) is 49.2 Å². The highest BCUT2D eigenvalue weighted by atomic mass is 35.5. The fourth-order valence-corrected chi connectivity index (χ4v) is 6.25. The van der Waals surface area contributed by atoms with Gasteiger partial charge >= 0.3 is 0 Å². The molecule has 2 aliphatic heterocycles. The Morgan fingerprint density at radius 1 is 1.06 bits per heavy atom. The Kier molecular flexibility index (Phi) is 5.95. The Morgan fingerprint density at radius 3 is 2.55 bits per heavy atom. The first-order valence-electron chi connectivity index (χ1n) is 10.2. The van der Waals surface area contributed by atoms with Crippen molar-refractivity contribution in [3.05, 3.63) is 57.5 Å². The standard InChI is InChI=1S/C21H19ClN4O5S2/c22-14-1-4-16(5-2-14)33(28,29)26-9-7-13(8-10-26)20-24-25-21(32-20)19(27)23-15-3-6-17-18(11-15)31-12-30-17/h1-6,11,13H,7-10,12H2,(H,23,27). The first kappa shape index (κ1) is 22.1. The van der Waals surface area contributed by atoms with E-state index in [0.29, 0.717) is 48.1 Å². The van der Waals surface area contributed by atoms with E-state index in [9.17, 15) is 13.2 Å². The van der Waals surface area contributed by atoms with Crippen LogP contribution in [-0.2, 0) is 10.0 Å². The number of sulfonamides is 1. The third-order valence-corrected chi connectivity index (χ3v) is 8.77. The van der Waals surface area contributed by atoms with Gasteiger partial charge in [-0.2, -0.15) is 4.31 Å². The summed E-state index contributed by atoms with van der Waals surface area (Å²) in [5.41, 5.74) is 0.571. The molecule has 0 atom stereocenters. The fraction of sp³-hybridized carbons (Fsp3) is 0.286. The first-order chi connectivity index (χ1) is 15.9. The van der Waals surface area contributed by atoms with Crippen LogP contribution in [0.5, 0.6) is 11.5 Å². The van der Waals surface area contributed by atoms with E-state index >= 15 is 0 Å². The predicted octanol–water partition coefficient (Wildman–Crippen LogP) is 3.74. The van der Waals surface area contributed by atoms with Crippen LogP contribution in [0.4, 0.5) is 5.69 Å². The average molecular weight is 507 g/mol. The second-order valence-electron chi connectivity index (χ2n) is 7.60. The van der Waals surface area contributed by atoms with Crippen molar-refractivity contribution in [3.8, 4) is 11.5 Å². The van der Waals surface area contributed by atoms with Gasteiger partial charge in [-0.1, -0.05) is 22.9 Å². The van der Waals surface area contributed by atoms with Crippen molar-refractivity contribution in [1.82, 2.24) is 14.5 Å². The Bertz CT molecular complexity index is 1290. The molecule has 3 heterocycles. The maximum absolute atomic E-state index is 12.9. The van der Waals surface area contributed by atoms with Crippen molar-refractivity contribution in [3.63, 3.8) is 0 Å². The maximum atomic E-state index is 12.9. The number of fused-ring (bicyclic) bond motifs is 1. The zero-order valence-electron chi connectivity index (χ0n) is 17.2. The summed E-state index contributed by atoms with van der Waals surface area (Å²) in [6.07, 6.45) is 1.20. The number of amides is 1. The van der Waals surface area contributed by atoms with Crippen LogP contribution in [0.25, 0.3) is 0 Å². The number of piperidine rings is 1. The fourth-order valence-electron chi connectivity index (χ4n) is 3.75. The molecule has 12 heteroatoms. The molecular weight excluding hydrogens is 488 g/mol. The van der Waals surface area contributed by atoms with Gasteiger partial charge in [0.2, 0.25) is 21.8 Å². The van der Waals surface area contributed by atoms with Crippen LogP contribution in [0.2, 0.25) is 5.02 Å². The van der Waals surface area contributed by atoms with Gasteiger partial charge in [0.25, 0.3) is 5.91 Å². The molecule has 5 rings (SSSR count). The number of carbonyl (C=O) groups is 1. The molecular formula is C21H19ClN4O5S2. The van der Waals surface area contributed by atoms with Crippen molar-refractivity contribution in [2.75, 3.05) is 25.2 Å². The largest absolute Gasteiger partial charge is 0.454 e. The van der Waals surface area contributed by atoms with Crippen LogP contribution in [-0.4, -0.2) is 48.7 Å². The number of nitrogens with one attached hydrogen (secondary N) is 1. The summed E-state index contributed by atoms with van der Waals surface area (Å²) in [6, 6.07) is 11.3. The quantitative estimate of drug-likeness (QED) is 0.561. The molecule has 1 N–H and O–H groups in total. The minimum absolute atomic E-state index is 0.0475. The van der Waals surface area contributed by atoms with Gasteiger partial charge < -0.3 is 14.8 Å². The van der Waals surface area contributed by atoms with E-state index in [1.165, 1.54) is 27.8 Å². The van der Waals surface area contributed by atoms with Crippen LogP contribution in [0.1, 0.15) is 33.6 Å². The molecule has 1 amide bonds. The topological polar surface area (TPSA) is 111 Å². The number of hydrogen-bond acceptors (Lipinski definition) is 8. The van der Waals surface area contributed by atoms with Crippen LogP contribution in [0.3, 0.4) is 0 Å². The molecule has 0 radical (unpaired) electrons. The number of rotatable bonds is 5. The number of benzene rings is 2. The number of anilines is 1. The van der Waals surface area contributed by atoms with Gasteiger partial charge in [-0.25, -0.2) is 8.42 Å². The minimum atomic E-state index is -3.57. The Labute approximate surface area is 199 Å². The monoisotopic (exact) mass is 506 g/mol. The smallest absolute Gasteiger partial charge is 0.286 e. The van der Waals surface area contributed by atoms with E-state index in [-0.39, 0.29) is 28.5 Å². The lowest BCUT2D eigenvalue weighted by Gasteiger charge is -2.30. The van der Waals surface area contributed by atoms with Gasteiger partial charge in [-0.3, -0.25) is 4.79 Å². The van der Waals surface area contributed by atoms with Crippen molar-refractivity contribution in [1.29, 1.82) is 0 Å². The van der Waals surface area contributed by atoms with Gasteiger partial charge in [0.1, 0.15) is 5.01 Å². The SMILES string of the molecule is O=C(Nc1ccc2c(c1)OCO2)c1nnc(C2CCN(S(=O)(=O)c3ccc(Cl)cc3)CC2)s1. The van der Waals surface area contributed by atoms with Crippen molar-refractivity contribution >= 4 is 44.6 Å². The summed E-state index contributed by atoms with van der Waals surface area (Å²) in [4.78, 5) is 12.8. The molecule has 1 aromatic heterocycles. The van der Waals surface area contributed by atoms with Crippen LogP contribution >= 0.6 is 22.9 Å². The molecule has 2 aliphatic rings. The lowest BCUT2D eigenvalue weighted by atomic mass is 9.99. The van der Waals surface area contributed by atoms with Crippen LogP contribution in [0, 0.1) is 0 Å². The minimum Gasteiger partial charge on any atom is -0.454 e. The zero-order valence-corrected chi connectivity index (χ0v) is 19.6. The lowest BCUT2D eigenvalue weighted by molar-refractivity contribution is 0.102. The normalized spacial score (nSPS) is 16.6. The molecule has 9 nitrogen and oxygen atoms in total. The molecule has 0 bridgehead atoms. The summed E-state index contributed by atoms with van der Waals surface area (Å²) in [7, 11) is -3.57. The van der Waals surface area contributed by atoms with Crippen molar-refractivity contribution in [2.45, 2.75) is 23.7 Å².